The number of hydrogen-bond acceptors (Lipinski definition) is 5. The summed E-state index contributed by atoms with van der Waals surface area (Å²) in [7, 11) is 0. The first-order valence-corrected chi connectivity index (χ1v) is 15.3. The summed E-state index contributed by atoms with van der Waals surface area (Å²) in [6.45, 7) is 3.29. The number of rotatable bonds is 3. The van der Waals surface area contributed by atoms with Crippen LogP contribution in [0, 0.1) is 5.92 Å². The Labute approximate surface area is 258 Å². The molecule has 1 spiro atoms. The summed E-state index contributed by atoms with van der Waals surface area (Å²) in [6.07, 6.45) is 2.18. The minimum absolute atomic E-state index is 0.138. The molecule has 0 saturated carbocycles. The number of halogens is 3. The monoisotopic (exact) mass is 692 g/mol. The molecule has 41 heavy (non-hydrogen) atoms. The van der Waals surface area contributed by atoms with E-state index in [9.17, 15) is 14.7 Å². The molecule has 1 N–H and O–H groups in total. The average Bonchev–Trinajstić information content (AvgIpc) is 3.38. The molecule has 7 rings (SSSR count). The fraction of sp³-hybridized carbons (Fsp3) is 0.212. The Hall–Kier alpha value is -2.97. The van der Waals surface area contributed by atoms with Gasteiger partial charge in [-0.2, -0.15) is 0 Å². The van der Waals surface area contributed by atoms with Crippen molar-refractivity contribution in [1.29, 1.82) is 0 Å². The molecule has 4 aromatic carbocycles. The van der Waals surface area contributed by atoms with Crippen molar-refractivity contribution >= 4 is 82.6 Å². The zero-order valence-electron chi connectivity index (χ0n) is 22.1. The van der Waals surface area contributed by atoms with Crippen LogP contribution in [0.4, 0.5) is 0 Å². The van der Waals surface area contributed by atoms with Crippen LogP contribution in [-0.2, 0) is 16.0 Å². The Kier molecular flexibility index (Phi) is 6.08. The van der Waals surface area contributed by atoms with E-state index in [0.717, 1.165) is 41.6 Å². The molecule has 0 fully saturated rings. The normalized spacial score (nSPS) is 23.6. The summed E-state index contributed by atoms with van der Waals surface area (Å²) >= 11 is 13.8. The van der Waals surface area contributed by atoms with Crippen LogP contribution in [-0.4, -0.2) is 27.9 Å². The summed E-state index contributed by atoms with van der Waals surface area (Å²) in [5.41, 5.74) is -1.91. The highest BCUT2D eigenvalue weighted by Crippen LogP contribution is 2.58. The molecule has 0 bridgehead atoms. The number of carbonyl (C=O) groups excluding carboxylic acids is 2. The van der Waals surface area contributed by atoms with Gasteiger partial charge in [0.1, 0.15) is 22.3 Å². The topological polar surface area (TPSA) is 72.8 Å². The van der Waals surface area contributed by atoms with Crippen molar-refractivity contribution in [3.8, 4) is 11.5 Å². The van der Waals surface area contributed by atoms with Gasteiger partial charge in [0, 0.05) is 38.5 Å². The van der Waals surface area contributed by atoms with E-state index in [2.05, 4.69) is 31.9 Å². The molecule has 3 atom stereocenters. The standard InChI is InChI=1S/C33H23Br2ClO5/c1-3-26(37)16(2)33(39)31(38)29(36)30-25(14-23-21-8-6-19(34)12-17(21)4-10-27(23)40-30)32(33)15-24-22-9-7-20(35)13-18(22)5-11-28(24)41-32/h4-14,16,39H,3,15H2,1-2H3/t16-,32+,33-/m1/s1. The summed E-state index contributed by atoms with van der Waals surface area (Å²) in [5.74, 6) is -0.943. The molecule has 8 heteroatoms. The number of carbonyl (C=O) groups is 2. The molecular weight excluding hydrogens is 672 g/mol. The molecule has 2 heterocycles. The number of Topliss-reactive ketones (excluding diaryl/α,β-unsaturated/α-hetero) is 2. The van der Waals surface area contributed by atoms with Gasteiger partial charge in [0.05, 0.1) is 5.92 Å². The van der Waals surface area contributed by atoms with Gasteiger partial charge in [-0.1, -0.05) is 81.6 Å². The first-order valence-electron chi connectivity index (χ1n) is 13.3. The van der Waals surface area contributed by atoms with Crippen molar-refractivity contribution < 1.29 is 24.2 Å². The van der Waals surface area contributed by atoms with Crippen LogP contribution in [0.2, 0.25) is 0 Å². The van der Waals surface area contributed by atoms with Crippen molar-refractivity contribution in [3.63, 3.8) is 0 Å². The fourth-order valence-corrected chi connectivity index (χ4v) is 7.63. The molecule has 0 unspecified atom stereocenters. The van der Waals surface area contributed by atoms with E-state index >= 15 is 0 Å². The summed E-state index contributed by atoms with van der Waals surface area (Å²) in [4.78, 5) is 27.4. The van der Waals surface area contributed by atoms with Crippen LogP contribution in [0.15, 0.2) is 86.0 Å². The highest BCUT2D eigenvalue weighted by atomic mass is 79.9. The first kappa shape index (κ1) is 26.9. The number of fused-ring (bicyclic) bond motifs is 8. The van der Waals surface area contributed by atoms with Gasteiger partial charge in [0.2, 0.25) is 5.78 Å². The summed E-state index contributed by atoms with van der Waals surface area (Å²) in [6, 6.07) is 19.5. The van der Waals surface area contributed by atoms with Crippen molar-refractivity contribution in [3.05, 3.63) is 97.1 Å². The van der Waals surface area contributed by atoms with E-state index in [-0.39, 0.29) is 29.4 Å². The maximum absolute atomic E-state index is 14.2. The second-order valence-electron chi connectivity index (χ2n) is 10.8. The van der Waals surface area contributed by atoms with Crippen molar-refractivity contribution in [2.45, 2.75) is 37.9 Å². The largest absolute Gasteiger partial charge is 0.478 e. The van der Waals surface area contributed by atoms with E-state index in [1.807, 2.05) is 66.7 Å². The van der Waals surface area contributed by atoms with Gasteiger partial charge in [-0.15, -0.1) is 0 Å². The quantitative estimate of drug-likeness (QED) is 0.235. The molecule has 0 radical (unpaired) electrons. The number of ether oxygens (including phenoxy) is 2. The molecule has 5 nitrogen and oxygen atoms in total. The zero-order valence-corrected chi connectivity index (χ0v) is 26.0. The average molecular weight is 695 g/mol. The Morgan fingerprint density at radius 2 is 1.63 bits per heavy atom. The lowest BCUT2D eigenvalue weighted by Gasteiger charge is -2.50. The Bertz CT molecular complexity index is 1930. The molecule has 1 aliphatic carbocycles. The Balaban J connectivity index is 1.54. The van der Waals surface area contributed by atoms with Gasteiger partial charge in [-0.3, -0.25) is 9.59 Å². The molecule has 0 amide bonds. The van der Waals surface area contributed by atoms with Crippen LogP contribution < -0.4 is 9.47 Å². The van der Waals surface area contributed by atoms with Crippen LogP contribution in [0.3, 0.4) is 0 Å². The van der Waals surface area contributed by atoms with Gasteiger partial charge < -0.3 is 14.6 Å². The summed E-state index contributed by atoms with van der Waals surface area (Å²) in [5, 5.41) is 16.2. The van der Waals surface area contributed by atoms with Crippen LogP contribution in [0.1, 0.15) is 31.4 Å². The van der Waals surface area contributed by atoms with Crippen molar-refractivity contribution in [1.82, 2.24) is 0 Å². The van der Waals surface area contributed by atoms with Crippen LogP contribution in [0.5, 0.6) is 11.5 Å². The molecule has 206 valence electrons. The molecule has 0 aromatic heterocycles. The third-order valence-corrected chi connectivity index (χ3v) is 10.1. The lowest BCUT2D eigenvalue weighted by molar-refractivity contribution is -0.172. The van der Waals surface area contributed by atoms with Gasteiger partial charge in [0.25, 0.3) is 0 Å². The van der Waals surface area contributed by atoms with E-state index < -0.39 is 22.9 Å². The SMILES string of the molecule is CCC(=O)[C@@H](C)[C@@]1(O)C(=O)C(Cl)=C2Oc3ccc4cc(Br)ccc4c3C=C2[C@@]12Cc1c(ccc3cc(Br)ccc13)O2. The summed E-state index contributed by atoms with van der Waals surface area (Å²) < 4.78 is 15.0. The highest BCUT2D eigenvalue weighted by Gasteiger charge is 2.70. The molecule has 4 aromatic rings. The molecule has 0 saturated heterocycles. The van der Waals surface area contributed by atoms with Crippen molar-refractivity contribution in [2.24, 2.45) is 5.92 Å². The second-order valence-corrected chi connectivity index (χ2v) is 13.0. The van der Waals surface area contributed by atoms with E-state index in [0.29, 0.717) is 17.1 Å². The maximum Gasteiger partial charge on any atom is 0.214 e. The van der Waals surface area contributed by atoms with Gasteiger partial charge in [-0.25, -0.2) is 0 Å². The maximum atomic E-state index is 14.2. The second kappa shape index (κ2) is 9.27. The fourth-order valence-electron chi connectivity index (χ4n) is 6.58. The Morgan fingerprint density at radius 3 is 2.32 bits per heavy atom. The van der Waals surface area contributed by atoms with Crippen LogP contribution >= 0.6 is 43.5 Å². The van der Waals surface area contributed by atoms with Gasteiger partial charge in [0.15, 0.2) is 17.0 Å². The molecule has 3 aliphatic rings. The van der Waals surface area contributed by atoms with E-state index in [1.165, 1.54) is 0 Å². The number of hydrogen-bond donors (Lipinski definition) is 1. The van der Waals surface area contributed by atoms with Gasteiger partial charge >= 0.3 is 0 Å². The van der Waals surface area contributed by atoms with Gasteiger partial charge in [-0.05, 0) is 64.0 Å². The lowest BCUT2D eigenvalue weighted by Crippen LogP contribution is -2.70. The van der Waals surface area contributed by atoms with Crippen molar-refractivity contribution in [2.75, 3.05) is 0 Å². The first-order chi connectivity index (χ1) is 19.6. The predicted octanol–water partition coefficient (Wildman–Crippen LogP) is 8.05. The lowest BCUT2D eigenvalue weighted by atomic mass is 9.61. The molecule has 2 aliphatic heterocycles. The van der Waals surface area contributed by atoms with Crippen LogP contribution in [0.25, 0.3) is 27.6 Å². The number of benzene rings is 4. The predicted molar refractivity (Wildman–Crippen MR) is 166 cm³/mol. The minimum Gasteiger partial charge on any atom is -0.478 e. The third-order valence-electron chi connectivity index (χ3n) is 8.74. The molecular formula is C33H23Br2ClO5. The third kappa shape index (κ3) is 3.62. The highest BCUT2D eigenvalue weighted by molar-refractivity contribution is 9.10. The minimum atomic E-state index is -2.29. The van der Waals surface area contributed by atoms with E-state index in [1.54, 1.807) is 13.8 Å². The zero-order chi connectivity index (χ0) is 28.8. The Morgan fingerprint density at radius 1 is 1.00 bits per heavy atom. The smallest absolute Gasteiger partial charge is 0.214 e. The van der Waals surface area contributed by atoms with E-state index in [4.69, 9.17) is 21.1 Å². The number of ketones is 2. The number of aliphatic hydroxyl groups is 1.